The summed E-state index contributed by atoms with van der Waals surface area (Å²) >= 11 is 0. The monoisotopic (exact) mass is 326 g/mol. The van der Waals surface area contributed by atoms with Gasteiger partial charge in [0.25, 0.3) is 0 Å². The van der Waals surface area contributed by atoms with Crippen LogP contribution in [0.4, 0.5) is 14.6 Å². The van der Waals surface area contributed by atoms with Crippen LogP contribution in [0.3, 0.4) is 0 Å². The van der Waals surface area contributed by atoms with Crippen LogP contribution in [0.1, 0.15) is 24.2 Å². The average Bonchev–Trinajstić information content (AvgIpc) is 2.91. The van der Waals surface area contributed by atoms with Gasteiger partial charge in [0.15, 0.2) is 11.6 Å². The van der Waals surface area contributed by atoms with Crippen LogP contribution in [-0.4, -0.2) is 24.9 Å². The van der Waals surface area contributed by atoms with E-state index < -0.39 is 11.8 Å². The Kier molecular flexibility index (Phi) is 3.37. The molecule has 1 aliphatic heterocycles. The molecule has 0 bridgehead atoms. The zero-order chi connectivity index (χ0) is 16.7. The van der Waals surface area contributed by atoms with E-state index in [0.29, 0.717) is 18.2 Å². The van der Waals surface area contributed by atoms with Crippen LogP contribution in [0.5, 0.6) is 0 Å². The maximum absolute atomic E-state index is 13.5. The molecule has 0 radical (unpaired) electrons. The first kappa shape index (κ1) is 14.6. The Balaban J connectivity index is 1.70. The van der Waals surface area contributed by atoms with Crippen molar-refractivity contribution in [3.8, 4) is 11.6 Å². The van der Waals surface area contributed by atoms with E-state index in [0.717, 1.165) is 17.3 Å². The Morgan fingerprint density at radius 3 is 2.58 bits per heavy atom. The highest BCUT2D eigenvalue weighted by atomic mass is 19.1. The van der Waals surface area contributed by atoms with Crippen LogP contribution >= 0.6 is 0 Å². The third kappa shape index (κ3) is 2.45. The fraction of sp³-hybridized carbons (Fsp3) is 0.188. The molecule has 4 rings (SSSR count). The molecule has 0 aromatic carbocycles. The largest absolute Gasteiger partial charge is 0.344 e. The zero-order valence-corrected chi connectivity index (χ0v) is 12.7. The standard InChI is InChI=1S/C16H12F2N6/c1-9-11-7-21-16(15-19-3-2-4-20-15)22-12(11)8-24(9)14-6-10(17)5-13(18)23-14/h2-7,9H,8H2,1H3. The lowest BCUT2D eigenvalue weighted by Crippen LogP contribution is -2.20. The van der Waals surface area contributed by atoms with E-state index in [2.05, 4.69) is 24.9 Å². The fourth-order valence-corrected chi connectivity index (χ4v) is 2.77. The number of nitrogens with zero attached hydrogens (tertiary/aromatic N) is 6. The van der Waals surface area contributed by atoms with Gasteiger partial charge in [-0.1, -0.05) is 0 Å². The highest BCUT2D eigenvalue weighted by molar-refractivity contribution is 5.51. The minimum Gasteiger partial charge on any atom is -0.344 e. The summed E-state index contributed by atoms with van der Waals surface area (Å²) in [6.07, 6.45) is 4.94. The summed E-state index contributed by atoms with van der Waals surface area (Å²) < 4.78 is 26.9. The summed E-state index contributed by atoms with van der Waals surface area (Å²) in [6.45, 7) is 2.30. The summed E-state index contributed by atoms with van der Waals surface area (Å²) in [6, 6.07) is 3.53. The fourth-order valence-electron chi connectivity index (χ4n) is 2.77. The van der Waals surface area contributed by atoms with Crippen molar-refractivity contribution in [1.29, 1.82) is 0 Å². The second kappa shape index (κ2) is 5.55. The van der Waals surface area contributed by atoms with Crippen molar-refractivity contribution in [3.05, 3.63) is 59.8 Å². The maximum Gasteiger partial charge on any atom is 0.217 e. The van der Waals surface area contributed by atoms with Gasteiger partial charge in [0, 0.05) is 36.3 Å². The Morgan fingerprint density at radius 1 is 1.04 bits per heavy atom. The summed E-state index contributed by atoms with van der Waals surface area (Å²) in [4.78, 5) is 22.6. The van der Waals surface area contributed by atoms with Crippen molar-refractivity contribution in [1.82, 2.24) is 24.9 Å². The predicted molar refractivity (Wildman–Crippen MR) is 81.8 cm³/mol. The van der Waals surface area contributed by atoms with Gasteiger partial charge in [-0.05, 0) is 13.0 Å². The number of anilines is 1. The molecule has 8 heteroatoms. The van der Waals surface area contributed by atoms with Gasteiger partial charge in [-0.15, -0.1) is 0 Å². The molecule has 120 valence electrons. The molecule has 24 heavy (non-hydrogen) atoms. The van der Waals surface area contributed by atoms with E-state index in [1.807, 2.05) is 6.92 Å². The lowest BCUT2D eigenvalue weighted by molar-refractivity contribution is 0.546. The van der Waals surface area contributed by atoms with Gasteiger partial charge in [-0.25, -0.2) is 29.3 Å². The number of hydrogen-bond acceptors (Lipinski definition) is 6. The maximum atomic E-state index is 13.5. The molecule has 0 aliphatic carbocycles. The Hall–Kier alpha value is -3.03. The van der Waals surface area contributed by atoms with E-state index in [-0.39, 0.29) is 11.9 Å². The molecular weight excluding hydrogens is 314 g/mol. The number of rotatable bonds is 2. The van der Waals surface area contributed by atoms with Crippen LogP contribution in [0.15, 0.2) is 36.8 Å². The Labute approximate surface area is 136 Å². The normalized spacial score (nSPS) is 16.3. The highest BCUT2D eigenvalue weighted by Crippen LogP contribution is 2.35. The van der Waals surface area contributed by atoms with Crippen molar-refractivity contribution >= 4 is 5.82 Å². The topological polar surface area (TPSA) is 67.7 Å². The van der Waals surface area contributed by atoms with E-state index in [1.165, 1.54) is 6.07 Å². The molecule has 1 unspecified atom stereocenters. The minimum atomic E-state index is -0.849. The van der Waals surface area contributed by atoms with Gasteiger partial charge in [0.05, 0.1) is 18.3 Å². The Morgan fingerprint density at radius 2 is 1.83 bits per heavy atom. The summed E-state index contributed by atoms with van der Waals surface area (Å²) in [5, 5.41) is 0. The van der Waals surface area contributed by atoms with E-state index in [4.69, 9.17) is 0 Å². The molecule has 3 aromatic heterocycles. The van der Waals surface area contributed by atoms with Gasteiger partial charge in [-0.2, -0.15) is 4.39 Å². The highest BCUT2D eigenvalue weighted by Gasteiger charge is 2.30. The predicted octanol–water partition coefficient (Wildman–Crippen LogP) is 2.69. The SMILES string of the molecule is CC1c2cnc(-c3ncccn3)nc2CN1c1cc(F)cc(F)n1. The summed E-state index contributed by atoms with van der Waals surface area (Å²) in [5.74, 6) is -0.429. The molecule has 4 heterocycles. The number of fused-ring (bicyclic) bond motifs is 1. The van der Waals surface area contributed by atoms with Gasteiger partial charge in [0.2, 0.25) is 5.95 Å². The molecule has 0 saturated carbocycles. The summed E-state index contributed by atoms with van der Waals surface area (Å²) in [7, 11) is 0. The smallest absolute Gasteiger partial charge is 0.217 e. The van der Waals surface area contributed by atoms with Crippen LogP contribution in [0, 0.1) is 11.8 Å². The van der Waals surface area contributed by atoms with Gasteiger partial charge in [-0.3, -0.25) is 0 Å². The lowest BCUT2D eigenvalue weighted by atomic mass is 10.1. The van der Waals surface area contributed by atoms with Gasteiger partial charge >= 0.3 is 0 Å². The summed E-state index contributed by atoms with van der Waals surface area (Å²) in [5.41, 5.74) is 1.66. The van der Waals surface area contributed by atoms with E-state index >= 15 is 0 Å². The van der Waals surface area contributed by atoms with Crippen molar-refractivity contribution in [2.24, 2.45) is 0 Å². The van der Waals surface area contributed by atoms with Crippen LogP contribution in [0.2, 0.25) is 0 Å². The molecule has 1 aliphatic rings. The first-order valence-electron chi connectivity index (χ1n) is 7.35. The zero-order valence-electron chi connectivity index (χ0n) is 12.7. The number of hydrogen-bond donors (Lipinski definition) is 0. The lowest BCUT2D eigenvalue weighted by Gasteiger charge is -2.22. The first-order chi connectivity index (χ1) is 11.6. The van der Waals surface area contributed by atoms with E-state index in [1.54, 1.807) is 29.6 Å². The number of pyridine rings is 1. The van der Waals surface area contributed by atoms with Crippen LogP contribution < -0.4 is 4.90 Å². The second-order valence-corrected chi connectivity index (χ2v) is 5.44. The van der Waals surface area contributed by atoms with Crippen molar-refractivity contribution < 1.29 is 8.78 Å². The van der Waals surface area contributed by atoms with Crippen LogP contribution in [-0.2, 0) is 6.54 Å². The third-order valence-electron chi connectivity index (χ3n) is 3.94. The molecule has 6 nitrogen and oxygen atoms in total. The Bertz CT molecular complexity index is 882. The molecular formula is C16H12F2N6. The molecule has 3 aromatic rings. The molecule has 1 atom stereocenters. The molecule has 0 fully saturated rings. The number of halogens is 2. The van der Waals surface area contributed by atoms with Crippen LogP contribution in [0.25, 0.3) is 11.6 Å². The second-order valence-electron chi connectivity index (χ2n) is 5.44. The third-order valence-corrected chi connectivity index (χ3v) is 3.94. The van der Waals surface area contributed by atoms with Gasteiger partial charge < -0.3 is 4.90 Å². The van der Waals surface area contributed by atoms with E-state index in [9.17, 15) is 8.78 Å². The first-order valence-corrected chi connectivity index (χ1v) is 7.35. The van der Waals surface area contributed by atoms with Crippen molar-refractivity contribution in [2.45, 2.75) is 19.5 Å². The van der Waals surface area contributed by atoms with Gasteiger partial charge in [0.1, 0.15) is 11.6 Å². The quantitative estimate of drug-likeness (QED) is 0.675. The average molecular weight is 326 g/mol. The molecule has 0 N–H and O–H groups in total. The van der Waals surface area contributed by atoms with Crippen molar-refractivity contribution in [3.63, 3.8) is 0 Å². The number of aromatic nitrogens is 5. The molecule has 0 amide bonds. The minimum absolute atomic E-state index is 0.139. The van der Waals surface area contributed by atoms with Crippen molar-refractivity contribution in [2.75, 3.05) is 4.90 Å². The molecule has 0 saturated heterocycles. The molecule has 0 spiro atoms.